The molecule has 0 aromatic heterocycles. The molecule has 0 saturated carbocycles. The van der Waals surface area contributed by atoms with E-state index in [0.29, 0.717) is 38.5 Å². The fourth-order valence-electron chi connectivity index (χ4n) is 10.8. The molecular formula is C63H122N32O12S. The van der Waals surface area contributed by atoms with Gasteiger partial charge in [0, 0.05) is 71.0 Å². The van der Waals surface area contributed by atoms with Crippen LogP contribution in [0.3, 0.4) is 0 Å². The maximum Gasteiger partial charge on any atom is 0.245 e. The summed E-state index contributed by atoms with van der Waals surface area (Å²) in [6.45, 7) is -0.823. The number of nitrogens with one attached hydrogen (secondary N) is 10. The van der Waals surface area contributed by atoms with Crippen molar-refractivity contribution in [1.29, 1.82) is 0 Å². The van der Waals surface area contributed by atoms with E-state index in [0.717, 1.165) is 4.90 Å². The SMILES string of the molecule is NCCCC[C@@H]1NC(=O)[C@H](CCCN=C(N)N)NC(=O)CCCCCC(=O)NCCCN(CC(=O)N[C@@H](CCCN=C(N)N)C(=O)N[C@@H](CCCN=C(N)N)C(=O)N[C@@H](CCCN=C(N)N)C(=O)N[C@@H](CS)C(N)=O)C(=O)[C@H](CCCN=C(N)N)NC(=O)[C@H](CCCN=C(N)N)NC(=O)[C@H](CCCCN)NC1=O. The Labute approximate surface area is 634 Å². The van der Waals surface area contributed by atoms with E-state index >= 15 is 9.59 Å². The average molecular weight is 1550 g/mol. The third-order valence-corrected chi connectivity index (χ3v) is 16.7. The lowest BCUT2D eigenvalue weighted by molar-refractivity contribution is -0.141. The van der Waals surface area contributed by atoms with Gasteiger partial charge in [0.15, 0.2) is 35.8 Å². The normalized spacial score (nSPS) is 18.6. The highest BCUT2D eigenvalue weighted by molar-refractivity contribution is 7.80. The molecule has 0 aromatic carbocycles. The smallest absolute Gasteiger partial charge is 0.245 e. The number of carbonyl (C=O) groups is 12. The van der Waals surface area contributed by atoms with Crippen molar-refractivity contribution in [2.45, 2.75) is 208 Å². The van der Waals surface area contributed by atoms with Crippen LogP contribution in [0.1, 0.15) is 154 Å². The molecule has 0 bridgehead atoms. The molecule has 1 aliphatic heterocycles. The van der Waals surface area contributed by atoms with Crippen molar-refractivity contribution in [3.8, 4) is 0 Å². The first-order valence-corrected chi connectivity index (χ1v) is 36.8. The Bertz CT molecular complexity index is 3030. The quantitative estimate of drug-likeness (QED) is 0.0117. The number of aliphatic imine (C=N–C) groups is 6. The van der Waals surface area contributed by atoms with Gasteiger partial charge < -0.3 is 144 Å². The number of hydrogen-bond acceptors (Lipinski definition) is 21. The van der Waals surface area contributed by atoms with E-state index in [9.17, 15) is 47.9 Å². The standard InChI is InChI=1S/C63H122N32O12S/c64-25-6-4-15-39-52(102)89-40(16-5-7-26-65)53(103)91-42(20-11-30-83-61(73)74)55(105)93-44(22-13-32-85-63(77)78)57(107)95(34-14-33-79-46(96)23-2-1-3-24-47(97)86-37(50(100)88-39)17-8-27-80-58(67)68)35-48(98)87-38(18-9-28-81-59(69)70)51(101)90-41(19-10-29-82-60(71)72)54(104)92-43(21-12-31-84-62(75)76)56(106)94-45(36-108)49(66)99/h37-45,108H,1-36,64-65H2,(H2,66,99)(H,79,96)(H,86,97)(H,87,98)(H,88,100)(H,89,102)(H,90,101)(H,91,103)(H,92,104)(H,93,105)(H,94,106)(H4,67,68,80)(H4,69,70,81)(H4,71,72,82)(H4,73,74,83)(H4,75,76,84)(H4,77,78,85)/t37-,38-,39-,40-,41-,42-,43-,44-,45-/m0/s1. The summed E-state index contributed by atoms with van der Waals surface area (Å²) in [5, 5.41) is 26.9. The van der Waals surface area contributed by atoms with Gasteiger partial charge in [-0.2, -0.15) is 12.6 Å². The summed E-state index contributed by atoms with van der Waals surface area (Å²) in [6, 6.07) is -12.5. The Morgan fingerprint density at radius 1 is 0.398 bits per heavy atom. The van der Waals surface area contributed by atoms with Gasteiger partial charge in [-0.1, -0.05) is 6.42 Å². The molecule has 1 heterocycles. The Kier molecular flexibility index (Phi) is 49.5. The maximum atomic E-state index is 15.4. The highest BCUT2D eigenvalue weighted by Crippen LogP contribution is 2.14. The largest absolute Gasteiger partial charge is 0.370 e. The van der Waals surface area contributed by atoms with Gasteiger partial charge in [-0.3, -0.25) is 87.5 Å². The fraction of sp³-hybridized carbons (Fsp3) is 0.714. The molecule has 1 saturated heterocycles. The minimum Gasteiger partial charge on any atom is -0.370 e. The zero-order chi connectivity index (χ0) is 80.9. The Morgan fingerprint density at radius 3 is 1.08 bits per heavy atom. The Balaban J connectivity index is 4.23. The summed E-state index contributed by atoms with van der Waals surface area (Å²) in [7, 11) is 0. The van der Waals surface area contributed by atoms with Crippen LogP contribution >= 0.6 is 12.6 Å². The lowest BCUT2D eigenvalue weighted by atomic mass is 10.0. The molecule has 0 aromatic rings. The summed E-state index contributed by atoms with van der Waals surface area (Å²) >= 11 is 4.10. The number of unbranched alkanes of at least 4 members (excludes halogenated alkanes) is 2. The van der Waals surface area contributed by atoms with Crippen molar-refractivity contribution < 1.29 is 57.5 Å². The van der Waals surface area contributed by atoms with Crippen LogP contribution in [0.15, 0.2) is 30.0 Å². The van der Waals surface area contributed by atoms with E-state index in [4.69, 9.17) is 86.0 Å². The minimum atomic E-state index is -1.54. The predicted octanol–water partition coefficient (Wildman–Crippen LogP) is -10.4. The molecule has 0 unspecified atom stereocenters. The summed E-state index contributed by atoms with van der Waals surface area (Å²) in [5.74, 6) is -11.5. The van der Waals surface area contributed by atoms with Gasteiger partial charge in [-0.05, 0) is 148 Å². The highest BCUT2D eigenvalue weighted by Gasteiger charge is 2.36. The second kappa shape index (κ2) is 55.9. The molecular weight excluding hydrogens is 1430 g/mol. The predicted molar refractivity (Wildman–Crippen MR) is 413 cm³/mol. The summed E-state index contributed by atoms with van der Waals surface area (Å²) < 4.78 is 0. The molecule has 40 N–H and O–H groups in total. The molecule has 612 valence electrons. The highest BCUT2D eigenvalue weighted by atomic mass is 32.1. The van der Waals surface area contributed by atoms with Gasteiger partial charge >= 0.3 is 0 Å². The molecule has 44 nitrogen and oxygen atoms in total. The van der Waals surface area contributed by atoms with Gasteiger partial charge in [0.1, 0.15) is 54.4 Å². The van der Waals surface area contributed by atoms with Crippen LogP contribution in [0.25, 0.3) is 0 Å². The van der Waals surface area contributed by atoms with Crippen LogP contribution in [0.5, 0.6) is 0 Å². The van der Waals surface area contributed by atoms with Crippen molar-refractivity contribution in [3.63, 3.8) is 0 Å². The third kappa shape index (κ3) is 44.5. The van der Waals surface area contributed by atoms with Gasteiger partial charge in [0.25, 0.3) is 0 Å². The second-order valence-corrected chi connectivity index (χ2v) is 25.9. The van der Waals surface area contributed by atoms with Crippen molar-refractivity contribution >= 4 is 119 Å². The van der Waals surface area contributed by atoms with Crippen LogP contribution in [0.2, 0.25) is 0 Å². The Hall–Kier alpha value is -10.5. The summed E-state index contributed by atoms with van der Waals surface area (Å²) in [6.07, 6.45) is 2.19. The third-order valence-electron chi connectivity index (χ3n) is 16.4. The van der Waals surface area contributed by atoms with Crippen molar-refractivity contribution in [2.24, 2.45) is 116 Å². The number of nitrogens with two attached hydrogens (primary N) is 15. The monoisotopic (exact) mass is 1550 g/mol. The van der Waals surface area contributed by atoms with Crippen molar-refractivity contribution in [2.75, 3.05) is 77.7 Å². The van der Waals surface area contributed by atoms with Crippen molar-refractivity contribution in [1.82, 2.24) is 58.1 Å². The molecule has 0 spiro atoms. The minimum absolute atomic E-state index is 0.00731. The van der Waals surface area contributed by atoms with Crippen molar-refractivity contribution in [3.05, 3.63) is 0 Å². The van der Waals surface area contributed by atoms with E-state index in [-0.39, 0.29) is 223 Å². The van der Waals surface area contributed by atoms with E-state index in [2.05, 4.69) is 95.8 Å². The lowest BCUT2D eigenvalue weighted by Gasteiger charge is -2.30. The number of rotatable bonds is 43. The van der Waals surface area contributed by atoms with E-state index < -0.39 is 132 Å². The average Bonchev–Trinajstić information content (AvgIpc) is 0.863. The number of primary amides is 1. The number of amides is 12. The van der Waals surface area contributed by atoms with Crippen LogP contribution in [0, 0.1) is 0 Å². The number of guanidine groups is 6. The maximum absolute atomic E-state index is 15.4. The van der Waals surface area contributed by atoms with Gasteiger partial charge in [-0.25, -0.2) is 0 Å². The molecule has 1 aliphatic rings. The molecule has 1 fully saturated rings. The first kappa shape index (κ1) is 95.5. The van der Waals surface area contributed by atoms with Crippen LogP contribution in [-0.4, -0.2) is 244 Å². The Morgan fingerprint density at radius 2 is 0.722 bits per heavy atom. The first-order chi connectivity index (χ1) is 51.3. The van der Waals surface area contributed by atoms with E-state index in [1.807, 2.05) is 0 Å². The molecule has 12 amide bonds. The number of carbonyl (C=O) groups excluding carboxylic acids is 12. The zero-order valence-corrected chi connectivity index (χ0v) is 62.7. The molecule has 1 rings (SSSR count). The van der Waals surface area contributed by atoms with Gasteiger partial charge in [0.2, 0.25) is 70.9 Å². The second-order valence-electron chi connectivity index (χ2n) is 25.5. The van der Waals surface area contributed by atoms with Crippen LogP contribution < -0.4 is 139 Å². The number of nitrogens with zero attached hydrogens (tertiary/aromatic N) is 7. The fourth-order valence-corrected chi connectivity index (χ4v) is 11.0. The van der Waals surface area contributed by atoms with Crippen LogP contribution in [-0.2, 0) is 57.5 Å². The summed E-state index contributed by atoms with van der Waals surface area (Å²) in [5.41, 5.74) is 84.3. The van der Waals surface area contributed by atoms with Gasteiger partial charge in [-0.15, -0.1) is 0 Å². The van der Waals surface area contributed by atoms with Crippen LogP contribution in [0.4, 0.5) is 0 Å². The molecule has 9 atom stereocenters. The molecule has 0 aliphatic carbocycles. The molecule has 108 heavy (non-hydrogen) atoms. The molecule has 45 heteroatoms. The first-order valence-electron chi connectivity index (χ1n) is 36.2. The van der Waals surface area contributed by atoms with E-state index in [1.54, 1.807) is 0 Å². The zero-order valence-electron chi connectivity index (χ0n) is 61.8. The lowest BCUT2D eigenvalue weighted by Crippen LogP contribution is -2.60. The number of thiol groups is 1. The number of hydrogen-bond donors (Lipinski definition) is 26. The van der Waals surface area contributed by atoms with E-state index in [1.165, 1.54) is 0 Å². The topological polar surface area (TPSA) is 793 Å². The summed E-state index contributed by atoms with van der Waals surface area (Å²) in [4.78, 5) is 196. The van der Waals surface area contributed by atoms with Gasteiger partial charge in [0.05, 0.1) is 6.54 Å². The molecule has 0 radical (unpaired) electrons.